The van der Waals surface area contributed by atoms with Crippen LogP contribution in [0.25, 0.3) is 0 Å². The summed E-state index contributed by atoms with van der Waals surface area (Å²) in [6.45, 7) is 3.40. The van der Waals surface area contributed by atoms with Crippen LogP contribution in [0.4, 0.5) is 14.5 Å². The first-order valence-corrected chi connectivity index (χ1v) is 9.58. The number of sulfonamides is 1. The lowest BCUT2D eigenvalue weighted by atomic mass is 10.3. The minimum atomic E-state index is -3.79. The molecule has 0 radical (unpaired) electrons. The number of nitrogens with one attached hydrogen (secondary N) is 1. The van der Waals surface area contributed by atoms with Gasteiger partial charge in [0.1, 0.15) is 6.54 Å². The number of carbonyl (C=O) groups excluding carboxylic acids is 1. The van der Waals surface area contributed by atoms with Gasteiger partial charge in [-0.2, -0.15) is 4.31 Å². The number of rotatable bonds is 7. The molecule has 0 unspecified atom stereocenters. The molecule has 0 fully saturated rings. The summed E-state index contributed by atoms with van der Waals surface area (Å²) in [5.74, 6) is -2.88. The summed E-state index contributed by atoms with van der Waals surface area (Å²) < 4.78 is 53.3. The molecule has 146 valence electrons. The minimum Gasteiger partial charge on any atom is -0.324 e. The van der Waals surface area contributed by atoms with Gasteiger partial charge in [0.25, 0.3) is 5.56 Å². The smallest absolute Gasteiger partial charge is 0.251 e. The highest BCUT2D eigenvalue weighted by Crippen LogP contribution is 2.15. The maximum Gasteiger partial charge on any atom is 0.251 e. The molecule has 1 aromatic carbocycles. The average Bonchev–Trinajstić information content (AvgIpc) is 2.60. The predicted octanol–water partition coefficient (Wildman–Crippen LogP) is 1.80. The summed E-state index contributed by atoms with van der Waals surface area (Å²) in [4.78, 5) is 23.9. The van der Waals surface area contributed by atoms with Gasteiger partial charge in [0, 0.05) is 37.1 Å². The van der Waals surface area contributed by atoms with Crippen LogP contribution in [0.3, 0.4) is 0 Å². The van der Waals surface area contributed by atoms with Crippen molar-refractivity contribution in [1.29, 1.82) is 0 Å². The van der Waals surface area contributed by atoms with Crippen LogP contribution in [0, 0.1) is 11.6 Å². The molecule has 1 heterocycles. The van der Waals surface area contributed by atoms with Crippen molar-refractivity contribution < 1.29 is 22.0 Å². The van der Waals surface area contributed by atoms with E-state index in [-0.39, 0.29) is 23.7 Å². The molecule has 0 saturated heterocycles. The van der Waals surface area contributed by atoms with E-state index in [4.69, 9.17) is 0 Å². The van der Waals surface area contributed by atoms with Crippen molar-refractivity contribution in [1.82, 2.24) is 8.87 Å². The number of aromatic nitrogens is 1. The molecule has 0 saturated carbocycles. The first kappa shape index (κ1) is 20.7. The van der Waals surface area contributed by atoms with Crippen molar-refractivity contribution in [3.8, 4) is 0 Å². The second kappa shape index (κ2) is 8.40. The van der Waals surface area contributed by atoms with Crippen LogP contribution < -0.4 is 10.9 Å². The van der Waals surface area contributed by atoms with Crippen molar-refractivity contribution in [2.24, 2.45) is 0 Å². The van der Waals surface area contributed by atoms with Crippen LogP contribution in [-0.2, 0) is 21.4 Å². The lowest BCUT2D eigenvalue weighted by Crippen LogP contribution is -2.33. The van der Waals surface area contributed by atoms with E-state index in [1.165, 1.54) is 16.4 Å². The first-order valence-electron chi connectivity index (χ1n) is 8.14. The van der Waals surface area contributed by atoms with Crippen LogP contribution >= 0.6 is 0 Å². The zero-order valence-electron chi connectivity index (χ0n) is 14.8. The van der Waals surface area contributed by atoms with E-state index in [0.717, 1.165) is 29.0 Å². The highest BCUT2D eigenvalue weighted by Gasteiger charge is 2.22. The first-order chi connectivity index (χ1) is 12.7. The number of carbonyl (C=O) groups is 1. The fourth-order valence-electron chi connectivity index (χ4n) is 2.43. The third-order valence-electron chi connectivity index (χ3n) is 3.82. The maximum absolute atomic E-state index is 13.2. The molecule has 27 heavy (non-hydrogen) atoms. The van der Waals surface area contributed by atoms with Crippen LogP contribution in [0.5, 0.6) is 0 Å². The lowest BCUT2D eigenvalue weighted by Gasteiger charge is -2.19. The van der Waals surface area contributed by atoms with Crippen LogP contribution in [0.1, 0.15) is 13.8 Å². The van der Waals surface area contributed by atoms with Crippen molar-refractivity contribution in [2.75, 3.05) is 18.4 Å². The summed E-state index contributed by atoms with van der Waals surface area (Å²) >= 11 is 0. The average molecular weight is 399 g/mol. The van der Waals surface area contributed by atoms with Gasteiger partial charge in [-0.25, -0.2) is 17.2 Å². The quantitative estimate of drug-likeness (QED) is 0.769. The molecule has 0 spiro atoms. The molecule has 0 aliphatic carbocycles. The molecular weight excluding hydrogens is 380 g/mol. The molecule has 1 N–H and O–H groups in total. The Kier molecular flexibility index (Phi) is 6.45. The van der Waals surface area contributed by atoms with Gasteiger partial charge in [-0.1, -0.05) is 13.8 Å². The lowest BCUT2D eigenvalue weighted by molar-refractivity contribution is -0.116. The van der Waals surface area contributed by atoms with E-state index < -0.39 is 39.7 Å². The molecule has 0 atom stereocenters. The Labute approximate surface area is 155 Å². The van der Waals surface area contributed by atoms with E-state index in [1.807, 2.05) is 0 Å². The van der Waals surface area contributed by atoms with Gasteiger partial charge in [-0.3, -0.25) is 9.59 Å². The van der Waals surface area contributed by atoms with Gasteiger partial charge >= 0.3 is 0 Å². The molecule has 1 amide bonds. The monoisotopic (exact) mass is 399 g/mol. The van der Waals surface area contributed by atoms with Gasteiger partial charge in [-0.15, -0.1) is 0 Å². The summed E-state index contributed by atoms with van der Waals surface area (Å²) in [6.07, 6.45) is 1.08. The van der Waals surface area contributed by atoms with Crippen molar-refractivity contribution in [2.45, 2.75) is 25.3 Å². The molecular formula is C17H19F2N3O4S. The van der Waals surface area contributed by atoms with Crippen LogP contribution in [0.2, 0.25) is 0 Å². The summed E-state index contributed by atoms with van der Waals surface area (Å²) in [5, 5.41) is 2.32. The number of halogens is 2. The Hall–Kier alpha value is -2.59. The summed E-state index contributed by atoms with van der Waals surface area (Å²) in [5.41, 5.74) is -0.562. The van der Waals surface area contributed by atoms with E-state index in [0.29, 0.717) is 0 Å². The van der Waals surface area contributed by atoms with Crippen molar-refractivity contribution >= 4 is 21.6 Å². The molecule has 2 rings (SSSR count). The Balaban J connectivity index is 2.24. The molecule has 10 heteroatoms. The Bertz CT molecular complexity index is 1000. The molecule has 2 aromatic rings. The van der Waals surface area contributed by atoms with E-state index in [1.54, 1.807) is 13.8 Å². The fraction of sp³-hybridized carbons (Fsp3) is 0.294. The van der Waals surface area contributed by atoms with Crippen molar-refractivity contribution in [3.05, 3.63) is 58.5 Å². The number of anilines is 1. The molecule has 1 aromatic heterocycles. The number of hydrogen-bond donors (Lipinski definition) is 1. The molecule has 0 bridgehead atoms. The third-order valence-corrected chi connectivity index (χ3v) is 5.85. The number of hydrogen-bond acceptors (Lipinski definition) is 4. The third kappa shape index (κ3) is 4.77. The number of amides is 1. The number of benzene rings is 1. The van der Waals surface area contributed by atoms with Gasteiger partial charge in [0.2, 0.25) is 15.9 Å². The normalized spacial score (nSPS) is 11.6. The Morgan fingerprint density at radius 3 is 2.37 bits per heavy atom. The van der Waals surface area contributed by atoms with Gasteiger partial charge in [0.05, 0.1) is 4.90 Å². The zero-order chi connectivity index (χ0) is 20.2. The highest BCUT2D eigenvalue weighted by atomic mass is 32.2. The standard InChI is InChI=1S/C17H19F2N3O4S/c1-3-22(4-2)27(25,26)13-6-8-17(24)21(10-13)11-16(23)20-12-5-7-14(18)15(19)9-12/h5-10H,3-4,11H2,1-2H3,(H,20,23). The molecule has 0 aliphatic rings. The SMILES string of the molecule is CCN(CC)S(=O)(=O)c1ccc(=O)n(CC(=O)Nc2ccc(F)c(F)c2)c1. The largest absolute Gasteiger partial charge is 0.324 e. The van der Waals surface area contributed by atoms with Crippen LogP contribution in [0.15, 0.2) is 46.2 Å². The highest BCUT2D eigenvalue weighted by molar-refractivity contribution is 7.89. The van der Waals surface area contributed by atoms with Gasteiger partial charge < -0.3 is 9.88 Å². The minimum absolute atomic E-state index is 0.0128. The molecule has 7 nitrogen and oxygen atoms in total. The van der Waals surface area contributed by atoms with Gasteiger partial charge in [0.15, 0.2) is 11.6 Å². The Morgan fingerprint density at radius 2 is 1.78 bits per heavy atom. The molecule has 0 aliphatic heterocycles. The number of pyridine rings is 1. The second-order valence-electron chi connectivity index (χ2n) is 5.60. The maximum atomic E-state index is 13.2. The zero-order valence-corrected chi connectivity index (χ0v) is 15.6. The summed E-state index contributed by atoms with van der Waals surface area (Å²) in [6, 6.07) is 5.06. The second-order valence-corrected chi connectivity index (χ2v) is 7.54. The van der Waals surface area contributed by atoms with E-state index in [9.17, 15) is 26.8 Å². The Morgan fingerprint density at radius 1 is 1.11 bits per heavy atom. The topological polar surface area (TPSA) is 88.5 Å². The van der Waals surface area contributed by atoms with Crippen LogP contribution in [-0.4, -0.2) is 36.3 Å². The van der Waals surface area contributed by atoms with Gasteiger partial charge in [-0.05, 0) is 18.2 Å². The number of nitrogens with zero attached hydrogens (tertiary/aromatic N) is 2. The van der Waals surface area contributed by atoms with Crippen molar-refractivity contribution in [3.63, 3.8) is 0 Å². The summed E-state index contributed by atoms with van der Waals surface area (Å²) in [7, 11) is -3.79. The predicted molar refractivity (Wildman–Crippen MR) is 95.8 cm³/mol. The van der Waals surface area contributed by atoms with E-state index >= 15 is 0 Å². The fourth-order valence-corrected chi connectivity index (χ4v) is 3.91. The van der Waals surface area contributed by atoms with E-state index in [2.05, 4.69) is 5.32 Å².